The fraction of sp³-hybridized carbons (Fsp3) is 0.188. The van der Waals surface area contributed by atoms with E-state index >= 15 is 0 Å². The number of alkyl halides is 2. The van der Waals surface area contributed by atoms with Crippen LogP contribution in [-0.4, -0.2) is 20.5 Å². The SMILES string of the molecule is Cc1cc(C(F)F)n2ncc(C(=O)Nc3cc(Cl)ccc3C)c2n1. The lowest BCUT2D eigenvalue weighted by Gasteiger charge is -2.09. The minimum absolute atomic E-state index is 0.0856. The van der Waals surface area contributed by atoms with Gasteiger partial charge in [-0.05, 0) is 37.6 Å². The van der Waals surface area contributed by atoms with Crippen molar-refractivity contribution in [1.29, 1.82) is 0 Å². The molecule has 3 rings (SSSR count). The highest BCUT2D eigenvalue weighted by atomic mass is 35.5. The van der Waals surface area contributed by atoms with Crippen LogP contribution in [0.5, 0.6) is 0 Å². The summed E-state index contributed by atoms with van der Waals surface area (Å²) < 4.78 is 27.2. The number of fused-ring (bicyclic) bond motifs is 1. The smallest absolute Gasteiger partial charge is 0.280 e. The molecule has 0 radical (unpaired) electrons. The van der Waals surface area contributed by atoms with Gasteiger partial charge in [-0.15, -0.1) is 0 Å². The molecule has 2 aromatic heterocycles. The minimum Gasteiger partial charge on any atom is -0.322 e. The summed E-state index contributed by atoms with van der Waals surface area (Å²) in [5, 5.41) is 7.06. The summed E-state index contributed by atoms with van der Waals surface area (Å²) in [6.45, 7) is 3.40. The molecule has 0 aliphatic heterocycles. The Morgan fingerprint density at radius 2 is 2.04 bits per heavy atom. The molecule has 0 bridgehead atoms. The Balaban J connectivity index is 2.03. The lowest BCUT2D eigenvalue weighted by molar-refractivity contribution is 0.102. The van der Waals surface area contributed by atoms with Gasteiger partial charge in [-0.3, -0.25) is 4.79 Å². The first-order valence-electron chi connectivity index (χ1n) is 7.07. The van der Waals surface area contributed by atoms with Crippen molar-refractivity contribution in [3.8, 4) is 0 Å². The summed E-state index contributed by atoms with van der Waals surface area (Å²) in [7, 11) is 0. The van der Waals surface area contributed by atoms with Gasteiger partial charge in [0.25, 0.3) is 12.3 Å². The van der Waals surface area contributed by atoms with E-state index < -0.39 is 12.3 Å². The number of carbonyl (C=O) groups excluding carboxylic acids is 1. The molecule has 124 valence electrons. The average Bonchev–Trinajstić information content (AvgIpc) is 2.93. The van der Waals surface area contributed by atoms with Gasteiger partial charge in [0.1, 0.15) is 11.3 Å². The highest BCUT2D eigenvalue weighted by Crippen LogP contribution is 2.24. The predicted molar refractivity (Wildman–Crippen MR) is 86.8 cm³/mol. The zero-order valence-corrected chi connectivity index (χ0v) is 13.6. The number of nitrogens with one attached hydrogen (secondary N) is 1. The van der Waals surface area contributed by atoms with Crippen molar-refractivity contribution in [2.24, 2.45) is 0 Å². The molecule has 0 unspecified atom stereocenters. The van der Waals surface area contributed by atoms with E-state index in [1.807, 2.05) is 6.92 Å². The standard InChI is InChI=1S/C16H13ClF2N4O/c1-8-3-4-10(17)6-12(8)22-16(24)11-7-20-23-13(14(18)19)5-9(2)21-15(11)23/h3-7,14H,1-2H3,(H,22,24). The molecule has 5 nitrogen and oxygen atoms in total. The Kier molecular flexibility index (Phi) is 4.19. The van der Waals surface area contributed by atoms with Gasteiger partial charge < -0.3 is 5.32 Å². The summed E-state index contributed by atoms with van der Waals surface area (Å²) in [4.78, 5) is 16.7. The van der Waals surface area contributed by atoms with Crippen LogP contribution in [-0.2, 0) is 0 Å². The molecule has 2 heterocycles. The maximum absolute atomic E-state index is 13.1. The Labute approximate surface area is 141 Å². The van der Waals surface area contributed by atoms with Gasteiger partial charge in [-0.1, -0.05) is 17.7 Å². The Morgan fingerprint density at radius 3 is 2.75 bits per heavy atom. The van der Waals surface area contributed by atoms with E-state index in [1.165, 1.54) is 12.3 Å². The molecular weight excluding hydrogens is 338 g/mol. The average molecular weight is 351 g/mol. The third-order valence-corrected chi connectivity index (χ3v) is 3.78. The van der Waals surface area contributed by atoms with Gasteiger partial charge in [0.2, 0.25) is 0 Å². The molecule has 0 fully saturated rings. The zero-order chi connectivity index (χ0) is 17.4. The number of amides is 1. The molecule has 0 atom stereocenters. The number of aromatic nitrogens is 3. The molecule has 1 amide bonds. The van der Waals surface area contributed by atoms with Gasteiger partial charge in [-0.25, -0.2) is 18.3 Å². The van der Waals surface area contributed by atoms with Crippen LogP contribution in [0.2, 0.25) is 5.02 Å². The molecule has 3 aromatic rings. The molecule has 0 saturated heterocycles. The second-order valence-corrected chi connectivity index (χ2v) is 5.77. The van der Waals surface area contributed by atoms with Gasteiger partial charge >= 0.3 is 0 Å². The normalized spacial score (nSPS) is 11.2. The summed E-state index contributed by atoms with van der Waals surface area (Å²) in [5.41, 5.74) is 1.62. The monoisotopic (exact) mass is 350 g/mol. The number of halogens is 3. The van der Waals surface area contributed by atoms with Crippen LogP contribution in [0.25, 0.3) is 5.65 Å². The van der Waals surface area contributed by atoms with Crippen LogP contribution in [0.3, 0.4) is 0 Å². The summed E-state index contributed by atoms with van der Waals surface area (Å²) in [6, 6.07) is 6.34. The first kappa shape index (κ1) is 16.3. The first-order valence-corrected chi connectivity index (χ1v) is 7.45. The van der Waals surface area contributed by atoms with Crippen LogP contribution in [0.1, 0.15) is 33.7 Å². The molecule has 24 heavy (non-hydrogen) atoms. The largest absolute Gasteiger partial charge is 0.322 e. The Bertz CT molecular complexity index is 939. The Morgan fingerprint density at radius 1 is 1.29 bits per heavy atom. The number of anilines is 1. The molecule has 0 aliphatic carbocycles. The third-order valence-electron chi connectivity index (χ3n) is 3.54. The Hall–Kier alpha value is -2.54. The quantitative estimate of drug-likeness (QED) is 0.770. The molecule has 0 aliphatic rings. The molecular formula is C16H13ClF2N4O. The van der Waals surface area contributed by atoms with Crippen LogP contribution in [0.4, 0.5) is 14.5 Å². The lowest BCUT2D eigenvalue weighted by atomic mass is 10.2. The minimum atomic E-state index is -2.72. The number of benzene rings is 1. The number of carbonyl (C=O) groups is 1. The van der Waals surface area contributed by atoms with Crippen molar-refractivity contribution in [2.75, 3.05) is 5.32 Å². The van der Waals surface area contributed by atoms with E-state index in [2.05, 4.69) is 15.4 Å². The molecule has 1 aromatic carbocycles. The number of hydrogen-bond donors (Lipinski definition) is 1. The van der Waals surface area contributed by atoms with Crippen LogP contribution in [0, 0.1) is 13.8 Å². The van der Waals surface area contributed by atoms with Gasteiger partial charge in [-0.2, -0.15) is 5.10 Å². The molecule has 1 N–H and O–H groups in total. The lowest BCUT2D eigenvalue weighted by Crippen LogP contribution is -2.13. The van der Waals surface area contributed by atoms with E-state index in [1.54, 1.807) is 25.1 Å². The molecule has 0 saturated carbocycles. The second kappa shape index (κ2) is 6.16. The maximum Gasteiger partial charge on any atom is 0.280 e. The predicted octanol–water partition coefficient (Wildman–Crippen LogP) is 4.19. The van der Waals surface area contributed by atoms with Gasteiger partial charge in [0, 0.05) is 16.4 Å². The fourth-order valence-corrected chi connectivity index (χ4v) is 2.52. The van der Waals surface area contributed by atoms with Crippen molar-refractivity contribution < 1.29 is 13.6 Å². The topological polar surface area (TPSA) is 59.3 Å². The summed E-state index contributed by atoms with van der Waals surface area (Å²) in [6.07, 6.45) is -1.50. The van der Waals surface area contributed by atoms with E-state index in [4.69, 9.17) is 11.6 Å². The third kappa shape index (κ3) is 2.94. The summed E-state index contributed by atoms with van der Waals surface area (Å²) >= 11 is 5.93. The number of rotatable bonds is 3. The summed E-state index contributed by atoms with van der Waals surface area (Å²) in [5.74, 6) is -0.492. The van der Waals surface area contributed by atoms with Crippen molar-refractivity contribution in [3.63, 3.8) is 0 Å². The number of aryl methyl sites for hydroxylation is 2. The highest BCUT2D eigenvalue weighted by Gasteiger charge is 2.20. The van der Waals surface area contributed by atoms with Crippen molar-refractivity contribution in [3.05, 3.63) is 58.0 Å². The number of hydrogen-bond acceptors (Lipinski definition) is 3. The van der Waals surface area contributed by atoms with Gasteiger partial charge in [0.15, 0.2) is 5.65 Å². The molecule has 0 spiro atoms. The fourth-order valence-electron chi connectivity index (χ4n) is 2.35. The maximum atomic E-state index is 13.1. The van der Waals surface area contributed by atoms with E-state index in [0.717, 1.165) is 10.1 Å². The van der Waals surface area contributed by atoms with E-state index in [0.29, 0.717) is 16.4 Å². The van der Waals surface area contributed by atoms with E-state index in [-0.39, 0.29) is 16.9 Å². The van der Waals surface area contributed by atoms with Crippen molar-refractivity contribution >= 4 is 28.8 Å². The van der Waals surface area contributed by atoms with Gasteiger partial charge in [0.05, 0.1) is 6.20 Å². The van der Waals surface area contributed by atoms with Crippen LogP contribution < -0.4 is 5.32 Å². The number of nitrogens with zero attached hydrogens (tertiary/aromatic N) is 3. The highest BCUT2D eigenvalue weighted by molar-refractivity contribution is 6.31. The zero-order valence-electron chi connectivity index (χ0n) is 12.8. The van der Waals surface area contributed by atoms with E-state index in [9.17, 15) is 13.6 Å². The van der Waals surface area contributed by atoms with Crippen LogP contribution >= 0.6 is 11.6 Å². The first-order chi connectivity index (χ1) is 11.4. The van der Waals surface area contributed by atoms with Crippen molar-refractivity contribution in [2.45, 2.75) is 20.3 Å². The van der Waals surface area contributed by atoms with Crippen LogP contribution in [0.15, 0.2) is 30.5 Å². The van der Waals surface area contributed by atoms with Crippen molar-refractivity contribution in [1.82, 2.24) is 14.6 Å². The molecule has 8 heteroatoms. The second-order valence-electron chi connectivity index (χ2n) is 5.33.